The third-order valence-corrected chi connectivity index (χ3v) is 4.89. The number of alkyl halides is 3. The van der Waals surface area contributed by atoms with Gasteiger partial charge in [0.2, 0.25) is 5.91 Å². The fraction of sp³-hybridized carbons (Fsp3) is 0.263. The van der Waals surface area contributed by atoms with Crippen LogP contribution in [0.15, 0.2) is 45.9 Å². The number of thiophene rings is 1. The Balaban J connectivity index is 1.86. The molecule has 0 saturated heterocycles. The van der Waals surface area contributed by atoms with E-state index in [4.69, 9.17) is 0 Å². The van der Waals surface area contributed by atoms with Crippen LogP contribution >= 0.6 is 11.3 Å². The zero-order valence-corrected chi connectivity index (χ0v) is 15.3. The van der Waals surface area contributed by atoms with Crippen LogP contribution in [0.4, 0.5) is 13.2 Å². The van der Waals surface area contributed by atoms with Crippen molar-refractivity contribution >= 4 is 28.1 Å². The Morgan fingerprint density at radius 1 is 1.22 bits per heavy atom. The highest BCUT2D eigenvalue weighted by atomic mass is 32.1. The number of hydrogen-bond donors (Lipinski definition) is 1. The maximum atomic E-state index is 13.4. The Morgan fingerprint density at radius 2 is 2.00 bits per heavy atom. The molecule has 0 aliphatic rings. The van der Waals surface area contributed by atoms with Gasteiger partial charge in [0.15, 0.2) is 5.43 Å². The van der Waals surface area contributed by atoms with Crippen molar-refractivity contribution in [3.8, 4) is 0 Å². The number of aryl methyl sites for hydroxylation is 1. The Hall–Kier alpha value is -2.61. The largest absolute Gasteiger partial charge is 0.431 e. The molecule has 3 rings (SSSR count). The van der Waals surface area contributed by atoms with E-state index in [0.717, 1.165) is 15.7 Å². The van der Waals surface area contributed by atoms with Crippen LogP contribution < -0.4 is 10.7 Å². The molecule has 3 aromatic rings. The summed E-state index contributed by atoms with van der Waals surface area (Å²) in [6.07, 6.45) is -4.49. The van der Waals surface area contributed by atoms with Gasteiger partial charge in [-0.15, -0.1) is 0 Å². The van der Waals surface area contributed by atoms with E-state index >= 15 is 0 Å². The molecule has 8 heteroatoms. The van der Waals surface area contributed by atoms with E-state index in [-0.39, 0.29) is 36.3 Å². The van der Waals surface area contributed by atoms with Crippen molar-refractivity contribution in [2.75, 3.05) is 6.54 Å². The third kappa shape index (κ3) is 4.39. The summed E-state index contributed by atoms with van der Waals surface area (Å²) in [5, 5.41) is 6.57. The van der Waals surface area contributed by atoms with Gasteiger partial charge in [-0.25, -0.2) is 0 Å². The number of halogens is 3. The molecule has 0 aliphatic carbocycles. The Labute approximate surface area is 157 Å². The summed E-state index contributed by atoms with van der Waals surface area (Å²) in [5.41, 5.74) is 0.162. The van der Waals surface area contributed by atoms with Crippen LogP contribution in [-0.4, -0.2) is 17.0 Å². The molecule has 0 atom stereocenters. The first-order valence-corrected chi connectivity index (χ1v) is 9.19. The third-order valence-electron chi connectivity index (χ3n) is 4.16. The Kier molecular flexibility index (Phi) is 5.36. The van der Waals surface area contributed by atoms with Crippen LogP contribution in [0, 0.1) is 6.92 Å². The van der Waals surface area contributed by atoms with Gasteiger partial charge in [-0.3, -0.25) is 9.59 Å². The molecule has 27 heavy (non-hydrogen) atoms. The van der Waals surface area contributed by atoms with Gasteiger partial charge in [0.1, 0.15) is 5.69 Å². The van der Waals surface area contributed by atoms with Crippen molar-refractivity contribution in [3.05, 3.63) is 68.1 Å². The number of hydrogen-bond acceptors (Lipinski definition) is 3. The highest BCUT2D eigenvalue weighted by Gasteiger charge is 2.35. The lowest BCUT2D eigenvalue weighted by Gasteiger charge is -2.19. The van der Waals surface area contributed by atoms with E-state index in [1.807, 2.05) is 16.8 Å². The van der Waals surface area contributed by atoms with Gasteiger partial charge in [-0.05, 0) is 41.4 Å². The van der Waals surface area contributed by atoms with Crippen LogP contribution in [0.1, 0.15) is 16.8 Å². The first-order chi connectivity index (χ1) is 12.8. The fourth-order valence-electron chi connectivity index (χ4n) is 2.92. The Morgan fingerprint density at radius 3 is 2.67 bits per heavy atom. The molecule has 0 fully saturated rings. The molecule has 2 heterocycles. The average Bonchev–Trinajstić information content (AvgIpc) is 3.08. The van der Waals surface area contributed by atoms with Gasteiger partial charge in [-0.2, -0.15) is 24.5 Å². The summed E-state index contributed by atoms with van der Waals surface area (Å²) in [6.45, 7) is 1.70. The second kappa shape index (κ2) is 7.56. The predicted octanol–water partition coefficient (Wildman–Crippen LogP) is 3.75. The minimum atomic E-state index is -4.67. The number of benzene rings is 1. The molecule has 1 amide bonds. The summed E-state index contributed by atoms with van der Waals surface area (Å²) < 4.78 is 41.3. The summed E-state index contributed by atoms with van der Waals surface area (Å²) in [7, 11) is 0. The van der Waals surface area contributed by atoms with E-state index in [1.165, 1.54) is 17.4 Å². The van der Waals surface area contributed by atoms with Crippen molar-refractivity contribution in [1.82, 2.24) is 9.88 Å². The molecule has 1 N–H and O–H groups in total. The van der Waals surface area contributed by atoms with Crippen molar-refractivity contribution in [2.24, 2.45) is 0 Å². The number of aromatic nitrogens is 1. The number of carbonyl (C=O) groups excluding carboxylic acids is 1. The van der Waals surface area contributed by atoms with Crippen molar-refractivity contribution in [2.45, 2.75) is 26.1 Å². The number of carbonyl (C=O) groups is 1. The molecule has 4 nitrogen and oxygen atoms in total. The number of rotatable bonds is 5. The van der Waals surface area contributed by atoms with Crippen LogP contribution in [0.3, 0.4) is 0 Å². The van der Waals surface area contributed by atoms with Crippen LogP contribution in [-0.2, 0) is 23.9 Å². The molecule has 0 saturated carbocycles. The number of pyridine rings is 1. The maximum absolute atomic E-state index is 13.4. The molecule has 0 spiro atoms. The van der Waals surface area contributed by atoms with Crippen molar-refractivity contribution in [1.29, 1.82) is 0 Å². The molecule has 142 valence electrons. The van der Waals surface area contributed by atoms with Gasteiger partial charge in [0, 0.05) is 24.5 Å². The topological polar surface area (TPSA) is 51.1 Å². The molecular weight excluding hydrogens is 377 g/mol. The summed E-state index contributed by atoms with van der Waals surface area (Å²) in [4.78, 5) is 24.1. The summed E-state index contributed by atoms with van der Waals surface area (Å²) in [6, 6.07) is 7.18. The average molecular weight is 394 g/mol. The zero-order valence-electron chi connectivity index (χ0n) is 14.5. The monoisotopic (exact) mass is 394 g/mol. The summed E-state index contributed by atoms with van der Waals surface area (Å²) >= 11 is 1.47. The molecule has 0 radical (unpaired) electrons. The molecule has 0 unspecified atom stereocenters. The molecule has 0 aliphatic heterocycles. The lowest BCUT2D eigenvalue weighted by atomic mass is 10.1. The molecular formula is C19H17F3N2O2S. The zero-order chi connectivity index (χ0) is 19.6. The standard InChI is InChI=1S/C19H17F3N2O2S/c1-12-2-3-15-14(8-12)16(25)10-17(19(20,21)22)24(15)6-5-23-18(26)9-13-4-7-27-11-13/h2-4,7-8,10-11H,5-6,9H2,1H3,(H,23,26). The normalized spacial score (nSPS) is 11.7. The highest BCUT2D eigenvalue weighted by Crippen LogP contribution is 2.30. The molecule has 2 aromatic heterocycles. The number of fused-ring (bicyclic) bond motifs is 1. The Bertz CT molecular complexity index is 1020. The summed E-state index contributed by atoms with van der Waals surface area (Å²) in [5.74, 6) is -0.261. The van der Waals surface area contributed by atoms with Gasteiger partial charge >= 0.3 is 6.18 Å². The maximum Gasteiger partial charge on any atom is 0.431 e. The minimum Gasteiger partial charge on any atom is -0.354 e. The van der Waals surface area contributed by atoms with E-state index in [0.29, 0.717) is 6.07 Å². The lowest BCUT2D eigenvalue weighted by molar-refractivity contribution is -0.143. The van der Waals surface area contributed by atoms with Crippen LogP contribution in [0.2, 0.25) is 0 Å². The van der Waals surface area contributed by atoms with E-state index in [1.54, 1.807) is 19.1 Å². The predicted molar refractivity (Wildman–Crippen MR) is 99.0 cm³/mol. The van der Waals surface area contributed by atoms with Crippen LogP contribution in [0.5, 0.6) is 0 Å². The smallest absolute Gasteiger partial charge is 0.354 e. The second-order valence-electron chi connectivity index (χ2n) is 6.22. The number of amides is 1. The lowest BCUT2D eigenvalue weighted by Crippen LogP contribution is -2.31. The van der Waals surface area contributed by atoms with Gasteiger partial charge < -0.3 is 9.88 Å². The molecule has 1 aromatic carbocycles. The fourth-order valence-corrected chi connectivity index (χ4v) is 3.58. The van der Waals surface area contributed by atoms with E-state index in [9.17, 15) is 22.8 Å². The first kappa shape index (κ1) is 19.2. The van der Waals surface area contributed by atoms with E-state index < -0.39 is 17.3 Å². The van der Waals surface area contributed by atoms with Gasteiger partial charge in [-0.1, -0.05) is 11.6 Å². The first-order valence-electron chi connectivity index (χ1n) is 8.25. The second-order valence-corrected chi connectivity index (χ2v) is 7.00. The highest BCUT2D eigenvalue weighted by molar-refractivity contribution is 7.08. The number of nitrogens with one attached hydrogen (secondary N) is 1. The molecule has 0 bridgehead atoms. The minimum absolute atomic E-state index is 0.0257. The van der Waals surface area contributed by atoms with Gasteiger partial charge in [0.05, 0.1) is 11.9 Å². The van der Waals surface area contributed by atoms with Crippen molar-refractivity contribution in [3.63, 3.8) is 0 Å². The van der Waals surface area contributed by atoms with Crippen molar-refractivity contribution < 1.29 is 18.0 Å². The van der Waals surface area contributed by atoms with Gasteiger partial charge in [0.25, 0.3) is 0 Å². The SMILES string of the molecule is Cc1ccc2c(c1)c(=O)cc(C(F)(F)F)n2CCNC(=O)Cc1ccsc1. The van der Waals surface area contributed by atoms with E-state index in [2.05, 4.69) is 5.32 Å². The van der Waals surface area contributed by atoms with Crippen LogP contribution in [0.25, 0.3) is 10.9 Å². The quantitative estimate of drug-likeness (QED) is 0.717. The number of nitrogens with zero attached hydrogens (tertiary/aromatic N) is 1.